The number of aryl methyl sites for hydroxylation is 1. The summed E-state index contributed by atoms with van der Waals surface area (Å²) in [5.74, 6) is -2.03. The average Bonchev–Trinajstić information content (AvgIpc) is 2.78. The molecule has 1 aliphatic rings. The normalized spacial score (nSPS) is 20.5. The van der Waals surface area contributed by atoms with Crippen LogP contribution in [0, 0.1) is 6.92 Å². The molecule has 1 aromatic heterocycles. The molecule has 12 heteroatoms. The van der Waals surface area contributed by atoms with Gasteiger partial charge in [-0.05, 0) is 42.5 Å². The van der Waals surface area contributed by atoms with Gasteiger partial charge in [-0.1, -0.05) is 38.1 Å². The van der Waals surface area contributed by atoms with E-state index in [1.165, 1.54) is 12.1 Å². The molecule has 1 amide bonds. The molecule has 0 saturated carbocycles. The lowest BCUT2D eigenvalue weighted by molar-refractivity contribution is -0.205. The Bertz CT molecular complexity index is 1140. The van der Waals surface area contributed by atoms with Gasteiger partial charge in [-0.25, -0.2) is 4.98 Å². The molecule has 1 aromatic carbocycles. The number of alkyl halides is 5. The first-order valence-corrected chi connectivity index (χ1v) is 11.6. The molecule has 7 nitrogen and oxygen atoms in total. The quantitative estimate of drug-likeness (QED) is 0.399. The Hall–Kier alpha value is -3.12. The van der Waals surface area contributed by atoms with Crippen LogP contribution in [0.25, 0.3) is 0 Å². The van der Waals surface area contributed by atoms with E-state index in [2.05, 4.69) is 20.4 Å². The Morgan fingerprint density at radius 1 is 1.22 bits per heavy atom. The topological polar surface area (TPSA) is 101 Å². The van der Waals surface area contributed by atoms with Crippen LogP contribution in [0.1, 0.15) is 49.4 Å². The number of pyridine rings is 1. The first-order valence-electron chi connectivity index (χ1n) is 11.6. The van der Waals surface area contributed by atoms with E-state index in [1.54, 1.807) is 31.2 Å². The predicted molar refractivity (Wildman–Crippen MR) is 125 cm³/mol. The fourth-order valence-corrected chi connectivity index (χ4v) is 4.41. The number of aliphatic hydroxyl groups excluding tert-OH is 1. The maximum atomic E-state index is 13.8. The number of ketones is 1. The Balaban J connectivity index is 2.01. The summed E-state index contributed by atoms with van der Waals surface area (Å²) in [5.41, 5.74) is -0.141. The molecule has 0 aliphatic carbocycles. The van der Waals surface area contributed by atoms with Crippen LogP contribution in [0.3, 0.4) is 0 Å². The van der Waals surface area contributed by atoms with Gasteiger partial charge in [0.15, 0.2) is 5.78 Å². The Morgan fingerprint density at radius 3 is 2.46 bits per heavy atom. The number of aromatic nitrogens is 1. The third kappa shape index (κ3) is 6.07. The molecule has 3 atom stereocenters. The van der Waals surface area contributed by atoms with E-state index in [0.29, 0.717) is 11.3 Å². The van der Waals surface area contributed by atoms with Crippen molar-refractivity contribution in [3.63, 3.8) is 0 Å². The summed E-state index contributed by atoms with van der Waals surface area (Å²) in [7, 11) is 0. The van der Waals surface area contributed by atoms with Crippen LogP contribution in [0.2, 0.25) is 0 Å². The third-order valence-electron chi connectivity index (χ3n) is 6.36. The van der Waals surface area contributed by atoms with Crippen molar-refractivity contribution in [1.82, 2.24) is 10.3 Å². The molecule has 1 saturated heterocycles. The first kappa shape index (κ1) is 28.5. The second-order valence-corrected chi connectivity index (χ2v) is 9.23. The number of nitrogens with zero attached hydrogens (tertiary/aromatic N) is 1. The molecule has 37 heavy (non-hydrogen) atoms. The molecular weight excluding hydrogens is 501 g/mol. The highest BCUT2D eigenvalue weighted by Gasteiger charge is 2.58. The van der Waals surface area contributed by atoms with E-state index < -0.39 is 60.8 Å². The maximum absolute atomic E-state index is 13.8. The number of nitrogens with one attached hydrogen (secondary N) is 2. The van der Waals surface area contributed by atoms with Crippen LogP contribution >= 0.6 is 0 Å². The van der Waals surface area contributed by atoms with Crippen LogP contribution < -0.4 is 15.4 Å². The van der Waals surface area contributed by atoms with Crippen molar-refractivity contribution < 1.29 is 41.4 Å². The molecule has 2 heterocycles. The SMILES string of the molecule is Cc1ccc(NC(=O)C2(c3ccccc3C(C)C)CNC2C(=O)CCC(O)C(F)(F)F)c(OC(F)F)n1. The standard InChI is InChI=1S/C25H28F5N3O4/c1-13(2)15-6-4-5-7-16(15)24(12-31-20(24)18(34)10-11-19(35)25(28,29)30)22(36)33-17-9-8-14(3)32-21(17)37-23(26)27/h4-9,13,19-20,23,31,35H,10-12H2,1-3H3,(H,33,36). The number of amides is 1. The molecule has 1 aliphatic heterocycles. The van der Waals surface area contributed by atoms with Crippen LogP contribution in [-0.2, 0) is 15.0 Å². The number of aliphatic hydroxyl groups is 1. The zero-order valence-corrected chi connectivity index (χ0v) is 20.4. The number of hydrogen-bond acceptors (Lipinski definition) is 6. The number of anilines is 1. The summed E-state index contributed by atoms with van der Waals surface area (Å²) in [4.78, 5) is 30.8. The summed E-state index contributed by atoms with van der Waals surface area (Å²) >= 11 is 0. The van der Waals surface area contributed by atoms with Crippen molar-refractivity contribution in [3.05, 3.63) is 53.2 Å². The van der Waals surface area contributed by atoms with Gasteiger partial charge in [0.25, 0.3) is 0 Å². The van der Waals surface area contributed by atoms with Crippen LogP contribution in [-0.4, -0.2) is 53.3 Å². The molecule has 2 aromatic rings. The van der Waals surface area contributed by atoms with Gasteiger partial charge in [0.2, 0.25) is 11.8 Å². The molecule has 0 spiro atoms. The van der Waals surface area contributed by atoms with Gasteiger partial charge in [-0.15, -0.1) is 0 Å². The fourth-order valence-electron chi connectivity index (χ4n) is 4.41. The number of ether oxygens (including phenoxy) is 1. The zero-order chi connectivity index (χ0) is 27.5. The number of rotatable bonds is 10. The Labute approximate surface area is 210 Å². The van der Waals surface area contributed by atoms with E-state index in [1.807, 2.05) is 13.8 Å². The monoisotopic (exact) mass is 529 g/mol. The van der Waals surface area contributed by atoms with Crippen LogP contribution in [0.5, 0.6) is 5.88 Å². The van der Waals surface area contributed by atoms with Gasteiger partial charge < -0.3 is 20.5 Å². The van der Waals surface area contributed by atoms with Gasteiger partial charge in [0.05, 0.1) is 6.04 Å². The van der Waals surface area contributed by atoms with Crippen molar-refractivity contribution in [2.24, 2.45) is 0 Å². The second kappa shape index (κ2) is 11.1. The molecule has 1 fully saturated rings. The van der Waals surface area contributed by atoms with E-state index in [-0.39, 0.29) is 18.2 Å². The highest BCUT2D eigenvalue weighted by atomic mass is 19.4. The minimum atomic E-state index is -4.88. The zero-order valence-electron chi connectivity index (χ0n) is 20.4. The van der Waals surface area contributed by atoms with Gasteiger partial charge in [0, 0.05) is 18.7 Å². The van der Waals surface area contributed by atoms with Crippen LogP contribution in [0.15, 0.2) is 36.4 Å². The lowest BCUT2D eigenvalue weighted by Gasteiger charge is -2.49. The summed E-state index contributed by atoms with van der Waals surface area (Å²) in [6, 6.07) is 8.45. The molecule has 3 N–H and O–H groups in total. The highest BCUT2D eigenvalue weighted by molar-refractivity contribution is 6.07. The number of Topliss-reactive ketones (excluding diaryl/α,β-unsaturated/α-hetero) is 1. The number of hydrogen-bond donors (Lipinski definition) is 3. The summed E-state index contributed by atoms with van der Waals surface area (Å²) < 4.78 is 68.7. The van der Waals surface area contributed by atoms with Crippen molar-refractivity contribution in [2.75, 3.05) is 11.9 Å². The smallest absolute Gasteiger partial charge is 0.414 e. The van der Waals surface area contributed by atoms with Crippen LogP contribution in [0.4, 0.5) is 27.6 Å². The number of halogens is 5. The van der Waals surface area contributed by atoms with Crippen molar-refractivity contribution in [2.45, 2.75) is 69.9 Å². The van der Waals surface area contributed by atoms with E-state index >= 15 is 0 Å². The summed E-state index contributed by atoms with van der Waals surface area (Å²) in [6.45, 7) is 2.06. The Morgan fingerprint density at radius 2 is 1.89 bits per heavy atom. The van der Waals surface area contributed by atoms with Gasteiger partial charge >= 0.3 is 12.8 Å². The number of benzene rings is 1. The largest absolute Gasteiger partial charge is 0.415 e. The highest BCUT2D eigenvalue weighted by Crippen LogP contribution is 2.41. The summed E-state index contributed by atoms with van der Waals surface area (Å²) in [5, 5.41) is 14.7. The van der Waals surface area contributed by atoms with Gasteiger partial charge in [-0.3, -0.25) is 9.59 Å². The molecule has 3 unspecified atom stereocenters. The van der Waals surface area contributed by atoms with E-state index in [9.17, 15) is 36.6 Å². The lowest BCUT2D eigenvalue weighted by atomic mass is 9.63. The summed E-state index contributed by atoms with van der Waals surface area (Å²) in [6.07, 6.45) is -9.07. The molecule has 0 bridgehead atoms. The van der Waals surface area contributed by atoms with E-state index in [4.69, 9.17) is 0 Å². The molecule has 0 radical (unpaired) electrons. The van der Waals surface area contributed by atoms with Crippen molar-refractivity contribution >= 4 is 17.4 Å². The maximum Gasteiger partial charge on any atom is 0.414 e. The predicted octanol–water partition coefficient (Wildman–Crippen LogP) is 4.24. The number of carbonyl (C=O) groups is 2. The molecule has 3 rings (SSSR count). The minimum absolute atomic E-state index is 0.0366. The number of carbonyl (C=O) groups excluding carboxylic acids is 2. The van der Waals surface area contributed by atoms with Gasteiger partial charge in [0.1, 0.15) is 17.2 Å². The second-order valence-electron chi connectivity index (χ2n) is 9.23. The first-order chi connectivity index (χ1) is 17.3. The Kier molecular flexibility index (Phi) is 8.53. The lowest BCUT2D eigenvalue weighted by Crippen LogP contribution is -2.73. The molecule has 202 valence electrons. The van der Waals surface area contributed by atoms with Crippen molar-refractivity contribution in [3.8, 4) is 5.88 Å². The van der Waals surface area contributed by atoms with Crippen molar-refractivity contribution in [1.29, 1.82) is 0 Å². The fraction of sp³-hybridized carbons (Fsp3) is 0.480. The molecular formula is C25H28F5N3O4. The minimum Gasteiger partial charge on any atom is -0.415 e. The average molecular weight is 530 g/mol. The van der Waals surface area contributed by atoms with E-state index in [0.717, 1.165) is 5.56 Å². The van der Waals surface area contributed by atoms with Gasteiger partial charge in [-0.2, -0.15) is 22.0 Å². The third-order valence-corrected chi connectivity index (χ3v) is 6.36.